The van der Waals surface area contributed by atoms with Gasteiger partial charge in [-0.1, -0.05) is 23.5 Å². The van der Waals surface area contributed by atoms with E-state index >= 15 is 0 Å². The molecule has 1 aliphatic heterocycles. The van der Waals surface area contributed by atoms with Gasteiger partial charge in [-0.25, -0.2) is 4.39 Å². The number of hydrogen-bond acceptors (Lipinski definition) is 5. The molecule has 0 saturated heterocycles. The lowest BCUT2D eigenvalue weighted by molar-refractivity contribution is -0.120. The summed E-state index contributed by atoms with van der Waals surface area (Å²) < 4.78 is 32.4. The number of rotatable bonds is 4. The highest BCUT2D eigenvalue weighted by Crippen LogP contribution is 2.36. The van der Waals surface area contributed by atoms with Gasteiger partial charge in [0.05, 0.1) is 10.2 Å². The number of carbonyl (C=O) groups excluding carboxylic acids is 1. The zero-order chi connectivity index (χ0) is 18.1. The molecule has 2 heterocycles. The average Bonchev–Trinajstić information content (AvgIpc) is 3.21. The second-order valence-corrected chi connectivity index (χ2v) is 6.54. The van der Waals surface area contributed by atoms with E-state index in [1.165, 1.54) is 23.5 Å². The predicted molar refractivity (Wildman–Crippen MR) is 94.1 cm³/mol. The molecule has 0 fully saturated rings. The van der Waals surface area contributed by atoms with Crippen LogP contribution in [-0.4, -0.2) is 23.9 Å². The number of amides is 1. The molecule has 1 aliphatic rings. The fourth-order valence-corrected chi connectivity index (χ4v) is 3.81. The van der Waals surface area contributed by atoms with E-state index in [9.17, 15) is 9.18 Å². The summed E-state index contributed by atoms with van der Waals surface area (Å²) in [5.41, 5.74) is 0.920. The molecule has 6 nitrogen and oxygen atoms in total. The van der Waals surface area contributed by atoms with Gasteiger partial charge in [0.1, 0.15) is 0 Å². The normalized spacial score (nSPS) is 13.4. The second-order valence-electron chi connectivity index (χ2n) is 5.53. The third-order valence-corrected chi connectivity index (χ3v) is 4.94. The molecule has 8 heteroatoms. The standard InChI is InChI=1S/C18H15FN2O4S/c1-2-21-12-7-14-15(25-10-24-14)8-16(12)26-18(21)20-17(22)9-23-13-6-4-3-5-11(13)19/h3-8H,2,9-10H2,1H3. The van der Waals surface area contributed by atoms with Gasteiger partial charge in [0, 0.05) is 18.7 Å². The van der Waals surface area contributed by atoms with Crippen LogP contribution in [0.4, 0.5) is 4.39 Å². The summed E-state index contributed by atoms with van der Waals surface area (Å²) in [7, 11) is 0. The zero-order valence-electron chi connectivity index (χ0n) is 13.9. The largest absolute Gasteiger partial charge is 0.481 e. The maximum atomic E-state index is 13.5. The van der Waals surface area contributed by atoms with E-state index in [-0.39, 0.29) is 19.1 Å². The Morgan fingerprint density at radius 2 is 2.08 bits per heavy atom. The molecule has 134 valence electrons. The van der Waals surface area contributed by atoms with Gasteiger partial charge in [0.2, 0.25) is 6.79 Å². The van der Waals surface area contributed by atoms with Crippen LogP contribution in [0.1, 0.15) is 6.92 Å². The maximum absolute atomic E-state index is 13.5. The van der Waals surface area contributed by atoms with Crippen molar-refractivity contribution in [1.82, 2.24) is 4.57 Å². The molecule has 0 radical (unpaired) electrons. The molecule has 1 amide bonds. The van der Waals surface area contributed by atoms with Crippen LogP contribution in [0, 0.1) is 5.82 Å². The summed E-state index contributed by atoms with van der Waals surface area (Å²) in [6.45, 7) is 2.49. The number of halogens is 1. The molecule has 3 aromatic rings. The third kappa shape index (κ3) is 3.03. The van der Waals surface area contributed by atoms with Gasteiger partial charge < -0.3 is 18.8 Å². The smallest absolute Gasteiger partial charge is 0.286 e. The number of carbonyl (C=O) groups is 1. The minimum atomic E-state index is -0.514. The Morgan fingerprint density at radius 1 is 1.31 bits per heavy atom. The summed E-state index contributed by atoms with van der Waals surface area (Å²) in [5, 5.41) is 0. The summed E-state index contributed by atoms with van der Waals surface area (Å²) in [6, 6.07) is 9.71. The number of aryl methyl sites for hydroxylation is 1. The molecule has 0 N–H and O–H groups in total. The van der Waals surface area contributed by atoms with E-state index in [0.29, 0.717) is 22.8 Å². The second kappa shape index (κ2) is 6.80. The fraction of sp³-hybridized carbons (Fsp3) is 0.222. The number of fused-ring (bicyclic) bond motifs is 2. The van der Waals surface area contributed by atoms with Crippen molar-refractivity contribution in [3.05, 3.63) is 47.0 Å². The number of benzene rings is 2. The van der Waals surface area contributed by atoms with E-state index < -0.39 is 11.7 Å². The van der Waals surface area contributed by atoms with Crippen LogP contribution in [0.15, 0.2) is 41.4 Å². The topological polar surface area (TPSA) is 62.1 Å². The summed E-state index contributed by atoms with van der Waals surface area (Å²) in [5.74, 6) is 0.393. The SMILES string of the molecule is CCn1c(=NC(=O)COc2ccccc2F)sc2cc3c(cc21)OCO3. The molecular formula is C18H15FN2O4S. The van der Waals surface area contributed by atoms with Crippen LogP contribution in [0.3, 0.4) is 0 Å². The Morgan fingerprint density at radius 3 is 2.85 bits per heavy atom. The molecule has 2 aromatic carbocycles. The fourth-order valence-electron chi connectivity index (χ4n) is 2.69. The highest BCUT2D eigenvalue weighted by molar-refractivity contribution is 7.16. The molecule has 0 unspecified atom stereocenters. The quantitative estimate of drug-likeness (QED) is 0.704. The van der Waals surface area contributed by atoms with Gasteiger partial charge in [-0.3, -0.25) is 4.79 Å². The van der Waals surface area contributed by atoms with E-state index in [1.807, 2.05) is 23.6 Å². The van der Waals surface area contributed by atoms with Crippen molar-refractivity contribution < 1.29 is 23.4 Å². The van der Waals surface area contributed by atoms with Gasteiger partial charge in [0.25, 0.3) is 5.91 Å². The lowest BCUT2D eigenvalue weighted by atomic mass is 10.3. The summed E-state index contributed by atoms with van der Waals surface area (Å²) in [4.78, 5) is 16.9. The van der Waals surface area contributed by atoms with Crippen molar-refractivity contribution >= 4 is 27.5 Å². The monoisotopic (exact) mass is 374 g/mol. The molecular weight excluding hydrogens is 359 g/mol. The average molecular weight is 374 g/mol. The summed E-state index contributed by atoms with van der Waals surface area (Å²) in [6.07, 6.45) is 0. The van der Waals surface area contributed by atoms with Gasteiger partial charge in [0.15, 0.2) is 34.5 Å². The zero-order valence-corrected chi connectivity index (χ0v) is 14.7. The summed E-state index contributed by atoms with van der Waals surface area (Å²) >= 11 is 1.38. The van der Waals surface area contributed by atoms with Gasteiger partial charge in [-0.2, -0.15) is 4.99 Å². The van der Waals surface area contributed by atoms with Gasteiger partial charge in [-0.05, 0) is 19.1 Å². The van der Waals surface area contributed by atoms with Crippen molar-refractivity contribution in [2.24, 2.45) is 4.99 Å². The molecule has 1 aromatic heterocycles. The Bertz CT molecular complexity index is 1060. The van der Waals surface area contributed by atoms with Crippen LogP contribution in [0.5, 0.6) is 17.2 Å². The van der Waals surface area contributed by atoms with Crippen LogP contribution < -0.4 is 19.0 Å². The number of ether oxygens (including phenoxy) is 3. The molecule has 0 spiro atoms. The van der Waals surface area contributed by atoms with Crippen molar-refractivity contribution in [2.45, 2.75) is 13.5 Å². The number of hydrogen-bond donors (Lipinski definition) is 0. The van der Waals surface area contributed by atoms with Gasteiger partial charge in [-0.15, -0.1) is 0 Å². The highest BCUT2D eigenvalue weighted by atomic mass is 32.1. The Balaban J connectivity index is 1.63. The maximum Gasteiger partial charge on any atom is 0.286 e. The Kier molecular flexibility index (Phi) is 4.34. The van der Waals surface area contributed by atoms with E-state index in [1.54, 1.807) is 12.1 Å². The van der Waals surface area contributed by atoms with E-state index in [4.69, 9.17) is 14.2 Å². The first-order chi connectivity index (χ1) is 12.7. The Hall–Kier alpha value is -2.87. The van der Waals surface area contributed by atoms with Crippen molar-refractivity contribution in [1.29, 1.82) is 0 Å². The van der Waals surface area contributed by atoms with E-state index in [2.05, 4.69) is 4.99 Å². The Labute approximate surface area is 152 Å². The molecule has 4 rings (SSSR count). The van der Waals surface area contributed by atoms with Crippen molar-refractivity contribution in [3.8, 4) is 17.2 Å². The number of thiazole rings is 1. The lowest BCUT2D eigenvalue weighted by Crippen LogP contribution is -2.18. The molecule has 0 aliphatic carbocycles. The van der Waals surface area contributed by atoms with Crippen molar-refractivity contribution in [3.63, 3.8) is 0 Å². The molecule has 0 atom stereocenters. The van der Waals surface area contributed by atoms with E-state index in [0.717, 1.165) is 10.2 Å². The van der Waals surface area contributed by atoms with Crippen molar-refractivity contribution in [2.75, 3.05) is 13.4 Å². The minimum Gasteiger partial charge on any atom is -0.481 e. The van der Waals surface area contributed by atoms with Gasteiger partial charge >= 0.3 is 0 Å². The first kappa shape index (κ1) is 16.6. The third-order valence-electron chi connectivity index (χ3n) is 3.90. The lowest BCUT2D eigenvalue weighted by Gasteiger charge is -2.04. The first-order valence-corrected chi connectivity index (χ1v) is 8.85. The van der Waals surface area contributed by atoms with Crippen LogP contribution in [-0.2, 0) is 11.3 Å². The molecule has 0 saturated carbocycles. The number of nitrogens with zero attached hydrogens (tertiary/aromatic N) is 2. The predicted octanol–water partition coefficient (Wildman–Crippen LogP) is 3.10. The number of aromatic nitrogens is 1. The van der Waals surface area contributed by atoms with Crippen LogP contribution in [0.2, 0.25) is 0 Å². The molecule has 26 heavy (non-hydrogen) atoms. The number of para-hydroxylation sites is 1. The first-order valence-electron chi connectivity index (χ1n) is 8.03. The minimum absolute atomic E-state index is 0.0291. The van der Waals surface area contributed by atoms with Crippen LogP contribution in [0.25, 0.3) is 10.2 Å². The van der Waals surface area contributed by atoms with Crippen LogP contribution >= 0.6 is 11.3 Å². The molecule has 0 bridgehead atoms. The highest BCUT2D eigenvalue weighted by Gasteiger charge is 2.17.